The van der Waals surface area contributed by atoms with E-state index in [2.05, 4.69) is 15.2 Å². The molecular formula is C22H30N4O3. The second-order valence-electron chi connectivity index (χ2n) is 7.49. The fourth-order valence-corrected chi connectivity index (χ4v) is 3.12. The van der Waals surface area contributed by atoms with Gasteiger partial charge in [0, 0.05) is 50.4 Å². The van der Waals surface area contributed by atoms with E-state index in [4.69, 9.17) is 9.47 Å². The maximum atomic E-state index is 12.9. The number of nitrogens with one attached hydrogen (secondary N) is 1. The first-order valence-corrected chi connectivity index (χ1v) is 10.0. The number of likely N-dealkylation sites (N-methyl/N-ethyl adjacent to an activating group) is 1. The minimum atomic E-state index is -0.146. The average molecular weight is 399 g/mol. The number of hydrogen-bond donors (Lipinski definition) is 1. The summed E-state index contributed by atoms with van der Waals surface area (Å²) < 4.78 is 11.4. The summed E-state index contributed by atoms with van der Waals surface area (Å²) in [6.07, 6.45) is 5.80. The molecule has 156 valence electrons. The SMILES string of the molecule is CN(C)CCN(Cc1cccnc1)C(=O)Nc1cccc(OCC2CCCO2)c1. The van der Waals surface area contributed by atoms with Gasteiger partial charge in [-0.1, -0.05) is 12.1 Å². The van der Waals surface area contributed by atoms with Gasteiger partial charge >= 0.3 is 6.03 Å². The number of hydrogen-bond acceptors (Lipinski definition) is 5. The quantitative estimate of drug-likeness (QED) is 0.702. The first-order chi connectivity index (χ1) is 14.1. The zero-order chi connectivity index (χ0) is 20.5. The van der Waals surface area contributed by atoms with Crippen LogP contribution in [0, 0.1) is 0 Å². The van der Waals surface area contributed by atoms with Crippen molar-refractivity contribution in [1.29, 1.82) is 0 Å². The van der Waals surface area contributed by atoms with Crippen molar-refractivity contribution in [3.8, 4) is 5.75 Å². The first kappa shape index (κ1) is 21.1. The standard InChI is InChI=1S/C22H30N4O3/c1-25(2)11-12-26(16-18-6-4-10-23-15-18)22(27)24-19-7-3-8-20(14-19)29-17-21-9-5-13-28-21/h3-4,6-8,10,14-15,21H,5,9,11-13,16-17H2,1-2H3,(H,24,27). The summed E-state index contributed by atoms with van der Waals surface area (Å²) in [5.41, 5.74) is 1.70. The molecule has 0 bridgehead atoms. The Kier molecular flexibility index (Phi) is 7.84. The summed E-state index contributed by atoms with van der Waals surface area (Å²) in [6, 6.07) is 11.2. The Labute approximate surface area is 172 Å². The number of rotatable bonds is 9. The van der Waals surface area contributed by atoms with Gasteiger partial charge in [0.25, 0.3) is 0 Å². The van der Waals surface area contributed by atoms with Crippen molar-refractivity contribution in [2.24, 2.45) is 0 Å². The van der Waals surface area contributed by atoms with Crippen molar-refractivity contribution < 1.29 is 14.3 Å². The van der Waals surface area contributed by atoms with Crippen LogP contribution >= 0.6 is 0 Å². The minimum Gasteiger partial charge on any atom is -0.491 e. The highest BCUT2D eigenvalue weighted by atomic mass is 16.5. The van der Waals surface area contributed by atoms with Gasteiger partial charge in [0.1, 0.15) is 12.4 Å². The molecule has 1 saturated heterocycles. The largest absolute Gasteiger partial charge is 0.491 e. The Hall–Kier alpha value is -2.64. The summed E-state index contributed by atoms with van der Waals surface area (Å²) in [5.74, 6) is 0.727. The molecule has 2 amide bonds. The highest BCUT2D eigenvalue weighted by molar-refractivity contribution is 5.89. The summed E-state index contributed by atoms with van der Waals surface area (Å²) in [7, 11) is 3.99. The maximum Gasteiger partial charge on any atom is 0.322 e. The number of benzene rings is 1. The van der Waals surface area contributed by atoms with Crippen LogP contribution < -0.4 is 10.1 Å². The van der Waals surface area contributed by atoms with Crippen LogP contribution in [0.25, 0.3) is 0 Å². The molecule has 0 spiro atoms. The lowest BCUT2D eigenvalue weighted by Crippen LogP contribution is -2.39. The van der Waals surface area contributed by atoms with Crippen LogP contribution in [0.5, 0.6) is 5.75 Å². The van der Waals surface area contributed by atoms with Crippen LogP contribution in [0.1, 0.15) is 18.4 Å². The zero-order valence-corrected chi connectivity index (χ0v) is 17.2. The molecular weight excluding hydrogens is 368 g/mol. The van der Waals surface area contributed by atoms with Gasteiger partial charge in [0.05, 0.1) is 6.10 Å². The molecule has 7 nitrogen and oxygen atoms in total. The Bertz CT molecular complexity index is 764. The zero-order valence-electron chi connectivity index (χ0n) is 17.2. The number of nitrogens with zero attached hydrogens (tertiary/aromatic N) is 3. The fraction of sp³-hybridized carbons (Fsp3) is 0.455. The third-order valence-corrected chi connectivity index (χ3v) is 4.75. The molecule has 1 aliphatic heterocycles. The van der Waals surface area contributed by atoms with Gasteiger partial charge in [-0.2, -0.15) is 0 Å². The van der Waals surface area contributed by atoms with Gasteiger partial charge in [0.15, 0.2) is 0 Å². The number of carbonyl (C=O) groups is 1. The Morgan fingerprint density at radius 2 is 2.17 bits per heavy atom. The molecule has 29 heavy (non-hydrogen) atoms. The minimum absolute atomic E-state index is 0.146. The van der Waals surface area contributed by atoms with E-state index in [1.165, 1.54) is 0 Å². The van der Waals surface area contributed by atoms with Crippen molar-refractivity contribution in [3.63, 3.8) is 0 Å². The molecule has 0 radical (unpaired) electrons. The molecule has 7 heteroatoms. The Morgan fingerprint density at radius 1 is 1.28 bits per heavy atom. The van der Waals surface area contributed by atoms with Crippen LogP contribution in [-0.4, -0.2) is 67.3 Å². The molecule has 1 aromatic heterocycles. The van der Waals surface area contributed by atoms with E-state index in [0.29, 0.717) is 25.4 Å². The number of carbonyl (C=O) groups excluding carboxylic acids is 1. The lowest BCUT2D eigenvalue weighted by Gasteiger charge is -2.25. The van der Waals surface area contributed by atoms with Crippen molar-refractivity contribution in [3.05, 3.63) is 54.4 Å². The van der Waals surface area contributed by atoms with Crippen molar-refractivity contribution in [1.82, 2.24) is 14.8 Å². The number of pyridine rings is 1. The number of anilines is 1. The molecule has 1 aliphatic rings. The molecule has 1 N–H and O–H groups in total. The summed E-state index contributed by atoms with van der Waals surface area (Å²) in [6.45, 7) is 3.24. The van der Waals surface area contributed by atoms with E-state index in [-0.39, 0.29) is 12.1 Å². The second-order valence-corrected chi connectivity index (χ2v) is 7.49. The number of urea groups is 1. The predicted molar refractivity (Wildman–Crippen MR) is 113 cm³/mol. The topological polar surface area (TPSA) is 66.9 Å². The van der Waals surface area contributed by atoms with Crippen LogP contribution in [0.15, 0.2) is 48.8 Å². The van der Waals surface area contributed by atoms with Crippen molar-refractivity contribution in [2.75, 3.05) is 45.7 Å². The highest BCUT2D eigenvalue weighted by Gasteiger charge is 2.17. The lowest BCUT2D eigenvalue weighted by molar-refractivity contribution is 0.0680. The van der Waals surface area contributed by atoms with Crippen molar-refractivity contribution >= 4 is 11.7 Å². The predicted octanol–water partition coefficient (Wildman–Crippen LogP) is 3.24. The molecule has 0 saturated carbocycles. The van der Waals surface area contributed by atoms with Gasteiger partial charge in [-0.3, -0.25) is 4.98 Å². The van der Waals surface area contributed by atoms with Gasteiger partial charge < -0.3 is 24.6 Å². The normalized spacial score (nSPS) is 16.0. The monoisotopic (exact) mass is 398 g/mol. The van der Waals surface area contributed by atoms with E-state index in [9.17, 15) is 4.79 Å². The summed E-state index contributed by atoms with van der Waals surface area (Å²) in [5, 5.41) is 2.99. The molecule has 2 aromatic rings. The molecule has 0 aliphatic carbocycles. The highest BCUT2D eigenvalue weighted by Crippen LogP contribution is 2.20. The smallest absolute Gasteiger partial charge is 0.322 e. The van der Waals surface area contributed by atoms with E-state index < -0.39 is 0 Å². The van der Waals surface area contributed by atoms with Crippen LogP contribution in [0.4, 0.5) is 10.5 Å². The molecule has 1 unspecified atom stereocenters. The van der Waals surface area contributed by atoms with Crippen LogP contribution in [-0.2, 0) is 11.3 Å². The third kappa shape index (κ3) is 7.03. The molecule has 3 rings (SSSR count). The second kappa shape index (κ2) is 10.8. The fourth-order valence-electron chi connectivity index (χ4n) is 3.12. The van der Waals surface area contributed by atoms with Gasteiger partial charge in [-0.15, -0.1) is 0 Å². The maximum absolute atomic E-state index is 12.9. The number of amides is 2. The third-order valence-electron chi connectivity index (χ3n) is 4.75. The van der Waals surface area contributed by atoms with Gasteiger partial charge in [-0.25, -0.2) is 4.79 Å². The average Bonchev–Trinajstić information content (AvgIpc) is 3.24. The van der Waals surface area contributed by atoms with Crippen LogP contribution in [0.2, 0.25) is 0 Å². The number of aromatic nitrogens is 1. The van der Waals surface area contributed by atoms with E-state index in [0.717, 1.165) is 37.3 Å². The van der Waals surface area contributed by atoms with Gasteiger partial charge in [-0.05, 0) is 50.7 Å². The lowest BCUT2D eigenvalue weighted by atomic mass is 10.2. The first-order valence-electron chi connectivity index (χ1n) is 10.0. The Balaban J connectivity index is 1.60. The van der Waals surface area contributed by atoms with Crippen LogP contribution in [0.3, 0.4) is 0 Å². The van der Waals surface area contributed by atoms with E-state index in [1.54, 1.807) is 17.3 Å². The van der Waals surface area contributed by atoms with Crippen molar-refractivity contribution in [2.45, 2.75) is 25.5 Å². The van der Waals surface area contributed by atoms with Gasteiger partial charge in [0.2, 0.25) is 0 Å². The molecule has 1 fully saturated rings. The summed E-state index contributed by atoms with van der Waals surface area (Å²) >= 11 is 0. The number of ether oxygens (including phenoxy) is 2. The summed E-state index contributed by atoms with van der Waals surface area (Å²) in [4.78, 5) is 20.9. The molecule has 1 aromatic carbocycles. The molecule has 2 heterocycles. The van der Waals surface area contributed by atoms with E-state index in [1.807, 2.05) is 50.5 Å². The Morgan fingerprint density at radius 3 is 2.90 bits per heavy atom. The van der Waals surface area contributed by atoms with E-state index >= 15 is 0 Å². The molecule has 1 atom stereocenters.